The number of carboxylic acids is 1. The molecule has 6 rings (SSSR count). The number of rotatable bonds is 4. The van der Waals surface area contributed by atoms with Crippen LogP contribution in [0.5, 0.6) is 0 Å². The van der Waals surface area contributed by atoms with Crippen LogP contribution in [-0.2, 0) is 14.3 Å². The van der Waals surface area contributed by atoms with Crippen molar-refractivity contribution >= 4 is 5.97 Å². The first-order valence-corrected chi connectivity index (χ1v) is 17.4. The monoisotopic (exact) mass is 617 g/mol. The largest absolute Gasteiger partial charge is 0.481 e. The van der Waals surface area contributed by atoms with E-state index in [1.807, 2.05) is 0 Å². The smallest absolute Gasteiger partial charge is 0.310 e. The van der Waals surface area contributed by atoms with Crippen LogP contribution in [0.15, 0.2) is 11.6 Å². The molecule has 5 fully saturated rings. The Hall–Kier alpha value is -1.03. The minimum absolute atomic E-state index is 0.0165. The van der Waals surface area contributed by atoms with E-state index in [1.165, 1.54) is 5.57 Å². The van der Waals surface area contributed by atoms with E-state index in [-0.39, 0.29) is 39.1 Å². The fourth-order valence-corrected chi connectivity index (χ4v) is 12.2. The molecular formula is C36H59NO7. The van der Waals surface area contributed by atoms with Crippen molar-refractivity contribution < 1.29 is 34.7 Å². The zero-order valence-electron chi connectivity index (χ0n) is 28.1. The van der Waals surface area contributed by atoms with Crippen LogP contribution >= 0.6 is 0 Å². The lowest BCUT2D eigenvalue weighted by Crippen LogP contribution is -2.66. The van der Waals surface area contributed by atoms with Crippen molar-refractivity contribution in [1.29, 1.82) is 0 Å². The predicted octanol–water partition coefficient (Wildman–Crippen LogP) is 5.02. The highest BCUT2D eigenvalue weighted by Gasteiger charge is 2.69. The highest BCUT2D eigenvalue weighted by molar-refractivity contribution is 5.76. The van der Waals surface area contributed by atoms with Gasteiger partial charge in [0.1, 0.15) is 18.3 Å². The normalized spacial score (nSPS) is 52.9. The molecule has 5 aliphatic carbocycles. The second-order valence-electron chi connectivity index (χ2n) is 17.9. The number of nitrogens with two attached hydrogens (primary N) is 1. The first-order chi connectivity index (χ1) is 20.4. The Bertz CT molecular complexity index is 1180. The number of aliphatic hydroxyl groups excluding tert-OH is 3. The van der Waals surface area contributed by atoms with E-state index in [4.69, 9.17) is 15.2 Å². The van der Waals surface area contributed by atoms with E-state index in [0.717, 1.165) is 64.2 Å². The molecule has 6 unspecified atom stereocenters. The molecule has 0 aromatic heterocycles. The molecule has 6 aliphatic rings. The molecular weight excluding hydrogens is 558 g/mol. The fourth-order valence-electron chi connectivity index (χ4n) is 12.2. The third-order valence-electron chi connectivity index (χ3n) is 15.2. The third-order valence-corrected chi connectivity index (χ3v) is 15.2. The van der Waals surface area contributed by atoms with Gasteiger partial charge >= 0.3 is 5.97 Å². The number of carbonyl (C=O) groups is 1. The van der Waals surface area contributed by atoms with Gasteiger partial charge in [-0.2, -0.15) is 0 Å². The lowest BCUT2D eigenvalue weighted by molar-refractivity contribution is -0.303. The molecule has 0 amide bonds. The maximum Gasteiger partial charge on any atom is 0.310 e. The van der Waals surface area contributed by atoms with Crippen LogP contribution in [-0.4, -0.2) is 69.8 Å². The van der Waals surface area contributed by atoms with E-state index in [0.29, 0.717) is 11.8 Å². The van der Waals surface area contributed by atoms with Gasteiger partial charge < -0.3 is 35.6 Å². The number of fused-ring (bicyclic) bond motifs is 7. The molecule has 8 nitrogen and oxygen atoms in total. The van der Waals surface area contributed by atoms with E-state index in [9.17, 15) is 25.2 Å². The van der Waals surface area contributed by atoms with Gasteiger partial charge in [0.2, 0.25) is 0 Å². The molecule has 8 heteroatoms. The number of carboxylic acid groups (broad SMARTS) is 1. The van der Waals surface area contributed by atoms with E-state index in [1.54, 1.807) is 0 Å². The summed E-state index contributed by atoms with van der Waals surface area (Å²) in [4.78, 5) is 12.9. The van der Waals surface area contributed by atoms with Crippen LogP contribution in [0.2, 0.25) is 0 Å². The summed E-state index contributed by atoms with van der Waals surface area (Å²) in [7, 11) is 0. The fraction of sp³-hybridized carbons (Fsp3) is 0.917. The summed E-state index contributed by atoms with van der Waals surface area (Å²) in [6.45, 7) is 16.4. The van der Waals surface area contributed by atoms with Crippen LogP contribution in [0.25, 0.3) is 0 Å². The molecule has 0 aromatic carbocycles. The highest BCUT2D eigenvalue weighted by atomic mass is 16.7. The van der Waals surface area contributed by atoms with Crippen molar-refractivity contribution in [3.63, 3.8) is 0 Å². The molecule has 1 heterocycles. The number of aliphatic hydroxyl groups is 3. The lowest BCUT2D eigenvalue weighted by atomic mass is 9.33. The molecule has 1 aliphatic heterocycles. The molecule has 13 atom stereocenters. The molecule has 0 radical (unpaired) electrons. The molecule has 4 saturated carbocycles. The summed E-state index contributed by atoms with van der Waals surface area (Å²) in [5.41, 5.74) is 7.25. The number of allylic oxidation sites excluding steroid dienone is 2. The SMILES string of the molecule is CC1(C)CC[C@]2(C(=O)O)CC[C@]3(C)C(=CCC4[C@@]5(C)CC[C@H](O[C@@H]6OC(CO)[C@@H](O)C(O)C6N)C(C)(C)C5CC[C@]43C)C2C1. The van der Waals surface area contributed by atoms with Gasteiger partial charge in [-0.05, 0) is 109 Å². The Balaban J connectivity index is 1.29. The van der Waals surface area contributed by atoms with Gasteiger partial charge in [0.15, 0.2) is 6.29 Å². The average Bonchev–Trinajstić information content (AvgIpc) is 2.94. The van der Waals surface area contributed by atoms with Crippen molar-refractivity contribution in [3.05, 3.63) is 11.6 Å². The third kappa shape index (κ3) is 4.40. The molecule has 0 spiro atoms. The Morgan fingerprint density at radius 1 is 0.955 bits per heavy atom. The Labute approximate surface area is 264 Å². The van der Waals surface area contributed by atoms with E-state index < -0.39 is 48.6 Å². The summed E-state index contributed by atoms with van der Waals surface area (Å²) in [6.07, 6.45) is 7.56. The molecule has 250 valence electrons. The zero-order chi connectivity index (χ0) is 32.3. The quantitative estimate of drug-likeness (QED) is 0.219. The minimum Gasteiger partial charge on any atom is -0.481 e. The Morgan fingerprint density at radius 3 is 2.30 bits per heavy atom. The Kier molecular flexibility index (Phi) is 7.84. The zero-order valence-corrected chi connectivity index (χ0v) is 28.1. The molecule has 0 bridgehead atoms. The predicted molar refractivity (Wildman–Crippen MR) is 167 cm³/mol. The van der Waals surface area contributed by atoms with Crippen molar-refractivity contribution in [2.24, 2.45) is 56.0 Å². The van der Waals surface area contributed by atoms with E-state index >= 15 is 0 Å². The number of hydrogen-bond acceptors (Lipinski definition) is 7. The lowest BCUT2D eigenvalue weighted by Gasteiger charge is -2.71. The second-order valence-corrected chi connectivity index (χ2v) is 17.9. The maximum atomic E-state index is 12.9. The van der Waals surface area contributed by atoms with Gasteiger partial charge in [0, 0.05) is 0 Å². The summed E-state index contributed by atoms with van der Waals surface area (Å²) >= 11 is 0. The number of ether oxygens (including phenoxy) is 2. The van der Waals surface area contributed by atoms with Crippen molar-refractivity contribution in [1.82, 2.24) is 0 Å². The van der Waals surface area contributed by atoms with Gasteiger partial charge in [-0.25, -0.2) is 0 Å². The summed E-state index contributed by atoms with van der Waals surface area (Å²) < 4.78 is 12.5. The van der Waals surface area contributed by atoms with Crippen LogP contribution in [0.1, 0.15) is 113 Å². The number of hydrogen-bond donors (Lipinski definition) is 5. The van der Waals surface area contributed by atoms with Crippen LogP contribution in [0.4, 0.5) is 0 Å². The van der Waals surface area contributed by atoms with Gasteiger partial charge in [-0.1, -0.05) is 60.1 Å². The van der Waals surface area contributed by atoms with Crippen molar-refractivity contribution in [2.45, 2.75) is 149 Å². The van der Waals surface area contributed by atoms with Gasteiger partial charge in [0.25, 0.3) is 0 Å². The Morgan fingerprint density at radius 2 is 1.64 bits per heavy atom. The van der Waals surface area contributed by atoms with Crippen molar-refractivity contribution in [2.75, 3.05) is 6.61 Å². The molecule has 1 saturated heterocycles. The van der Waals surface area contributed by atoms with Gasteiger partial charge in [-0.15, -0.1) is 0 Å². The van der Waals surface area contributed by atoms with Crippen LogP contribution < -0.4 is 5.73 Å². The molecule has 44 heavy (non-hydrogen) atoms. The summed E-state index contributed by atoms with van der Waals surface area (Å²) in [5, 5.41) is 41.2. The summed E-state index contributed by atoms with van der Waals surface area (Å²) in [5.74, 6) is 0.422. The van der Waals surface area contributed by atoms with Crippen LogP contribution in [0, 0.1) is 50.2 Å². The number of aliphatic carboxylic acids is 1. The first kappa shape index (κ1) is 32.9. The minimum atomic E-state index is -1.25. The summed E-state index contributed by atoms with van der Waals surface area (Å²) in [6, 6.07) is -0.901. The average molecular weight is 618 g/mol. The maximum absolute atomic E-state index is 12.9. The van der Waals surface area contributed by atoms with Gasteiger partial charge in [-0.3, -0.25) is 4.79 Å². The highest BCUT2D eigenvalue weighted by Crippen LogP contribution is 2.76. The van der Waals surface area contributed by atoms with Gasteiger partial charge in [0.05, 0.1) is 24.2 Å². The first-order valence-electron chi connectivity index (χ1n) is 17.4. The van der Waals surface area contributed by atoms with Crippen molar-refractivity contribution in [3.8, 4) is 0 Å². The van der Waals surface area contributed by atoms with E-state index in [2.05, 4.69) is 54.5 Å². The molecule has 0 aromatic rings. The second kappa shape index (κ2) is 10.5. The van der Waals surface area contributed by atoms with Crippen LogP contribution in [0.3, 0.4) is 0 Å². The topological polar surface area (TPSA) is 142 Å². The molecule has 6 N–H and O–H groups in total. The standard InChI is InChI=1S/C36H59NO7/c1-31(2)14-16-36(30(41)42)17-15-34(6)20(21(36)18-31)8-9-24-33(5)12-11-25(32(3,4)23(33)10-13-35(24,34)7)44-29-26(37)28(40)27(39)22(19-38)43-29/h8,21-29,38-40H,9-19,37H2,1-7H3,(H,41,42)/t21?,22?,23?,24?,25-,26?,27+,28?,29-,33-,34+,35+,36-/m0/s1.